The Balaban J connectivity index is 1.60. The molecule has 1 aliphatic rings. The van der Waals surface area contributed by atoms with Crippen LogP contribution in [-0.4, -0.2) is 49.2 Å². The standard InChI is InChI=1S/C33H31F4NO8S/c1-21(41)45-30(24-7-11-26(34)12-8-24)18-17-29-31(25-9-15-28(16-10-25)46-47(43,44)33(35,36)37)38(32(29)42)27-13-5-22(6-14-27)3-2-4-23(19-39)20-40/h5-16,23,29-31,39-40H,4,17-20H2,1H3/t29-,30?,31-/m1/s1. The van der Waals surface area contributed by atoms with Crippen molar-refractivity contribution in [3.8, 4) is 17.6 Å². The van der Waals surface area contributed by atoms with Gasteiger partial charge in [-0.2, -0.15) is 21.6 Å². The molecule has 1 unspecified atom stereocenters. The van der Waals surface area contributed by atoms with Crippen molar-refractivity contribution in [2.75, 3.05) is 18.1 Å². The van der Waals surface area contributed by atoms with E-state index in [0.717, 1.165) is 12.1 Å². The second kappa shape index (κ2) is 15.0. The summed E-state index contributed by atoms with van der Waals surface area (Å²) in [5.41, 5.74) is -3.52. The van der Waals surface area contributed by atoms with Crippen molar-refractivity contribution in [2.24, 2.45) is 11.8 Å². The van der Waals surface area contributed by atoms with Gasteiger partial charge in [-0.15, -0.1) is 0 Å². The molecule has 0 aromatic heterocycles. The Bertz CT molecular complexity index is 1710. The lowest BCUT2D eigenvalue weighted by atomic mass is 9.78. The van der Waals surface area contributed by atoms with Gasteiger partial charge < -0.3 is 24.0 Å². The van der Waals surface area contributed by atoms with Crippen LogP contribution in [0.15, 0.2) is 72.8 Å². The monoisotopic (exact) mass is 677 g/mol. The van der Waals surface area contributed by atoms with Gasteiger partial charge in [0, 0.05) is 43.7 Å². The van der Waals surface area contributed by atoms with Crippen molar-refractivity contribution in [3.05, 3.63) is 95.3 Å². The Labute approximate surface area is 268 Å². The van der Waals surface area contributed by atoms with E-state index in [1.165, 1.54) is 48.2 Å². The third kappa shape index (κ3) is 8.68. The first-order valence-electron chi connectivity index (χ1n) is 14.4. The number of ether oxygens (including phenoxy) is 1. The van der Waals surface area contributed by atoms with Crippen molar-refractivity contribution >= 4 is 27.7 Å². The van der Waals surface area contributed by atoms with Gasteiger partial charge in [0.1, 0.15) is 17.7 Å². The van der Waals surface area contributed by atoms with Gasteiger partial charge in [0.15, 0.2) is 0 Å². The quantitative estimate of drug-likeness (QED) is 0.0670. The molecule has 4 rings (SSSR count). The first-order valence-corrected chi connectivity index (χ1v) is 15.8. The summed E-state index contributed by atoms with van der Waals surface area (Å²) >= 11 is 0. The maximum atomic E-state index is 13.6. The normalized spacial score (nSPS) is 17.0. The molecule has 3 aromatic rings. The van der Waals surface area contributed by atoms with Crippen molar-refractivity contribution in [2.45, 2.75) is 43.8 Å². The largest absolute Gasteiger partial charge is 0.534 e. The van der Waals surface area contributed by atoms with Crippen LogP contribution in [0.3, 0.4) is 0 Å². The third-order valence-corrected chi connectivity index (χ3v) is 8.48. The van der Waals surface area contributed by atoms with Crippen LogP contribution in [-0.2, 0) is 24.4 Å². The van der Waals surface area contributed by atoms with Crippen LogP contribution < -0.4 is 9.08 Å². The Kier molecular flexibility index (Phi) is 11.3. The number of halogens is 4. The fourth-order valence-electron chi connectivity index (χ4n) is 5.09. The second-order valence-corrected chi connectivity index (χ2v) is 12.4. The van der Waals surface area contributed by atoms with Gasteiger partial charge in [0.25, 0.3) is 0 Å². The number of carbonyl (C=O) groups excluding carboxylic acids is 2. The Morgan fingerprint density at radius 1 is 0.979 bits per heavy atom. The molecule has 0 saturated carbocycles. The van der Waals surface area contributed by atoms with Gasteiger partial charge in [-0.3, -0.25) is 9.59 Å². The van der Waals surface area contributed by atoms with Crippen LogP contribution in [0.25, 0.3) is 0 Å². The highest BCUT2D eigenvalue weighted by molar-refractivity contribution is 7.88. The molecule has 1 aliphatic heterocycles. The number of hydrogen-bond donors (Lipinski definition) is 2. The van der Waals surface area contributed by atoms with Gasteiger partial charge >= 0.3 is 21.6 Å². The summed E-state index contributed by atoms with van der Waals surface area (Å²) in [4.78, 5) is 26.9. The number of β-lactam (4-membered cyclic amide) rings is 1. The van der Waals surface area contributed by atoms with E-state index in [2.05, 4.69) is 16.0 Å². The van der Waals surface area contributed by atoms with Crippen molar-refractivity contribution in [1.29, 1.82) is 0 Å². The first-order chi connectivity index (χ1) is 22.2. The van der Waals surface area contributed by atoms with E-state index in [4.69, 9.17) is 4.74 Å². The summed E-state index contributed by atoms with van der Waals surface area (Å²) in [6.45, 7) is 0.810. The number of rotatable bonds is 12. The number of nitrogens with zero attached hydrogens (tertiary/aromatic N) is 1. The molecule has 47 heavy (non-hydrogen) atoms. The average Bonchev–Trinajstić information content (AvgIpc) is 3.02. The molecule has 1 saturated heterocycles. The lowest BCUT2D eigenvalue weighted by Gasteiger charge is -2.48. The van der Waals surface area contributed by atoms with Crippen LogP contribution in [0.2, 0.25) is 0 Å². The summed E-state index contributed by atoms with van der Waals surface area (Å²) < 4.78 is 84.6. The molecule has 0 aliphatic carbocycles. The molecule has 1 heterocycles. The smallest absolute Gasteiger partial charge is 0.458 e. The summed E-state index contributed by atoms with van der Waals surface area (Å²) in [7, 11) is -5.89. The molecule has 0 radical (unpaired) electrons. The van der Waals surface area contributed by atoms with Crippen molar-refractivity contribution in [1.82, 2.24) is 0 Å². The number of carbonyl (C=O) groups is 2. The van der Waals surface area contributed by atoms with Crippen molar-refractivity contribution < 1.29 is 54.7 Å². The number of alkyl halides is 3. The fourth-order valence-corrected chi connectivity index (χ4v) is 5.54. The second-order valence-electron chi connectivity index (χ2n) is 10.8. The molecular formula is C33H31F4NO8S. The molecule has 1 amide bonds. The van der Waals surface area contributed by atoms with Crippen LogP contribution >= 0.6 is 0 Å². The number of benzene rings is 3. The first kappa shape index (κ1) is 35.4. The van der Waals surface area contributed by atoms with E-state index >= 15 is 0 Å². The molecule has 9 nitrogen and oxygen atoms in total. The maximum Gasteiger partial charge on any atom is 0.534 e. The van der Waals surface area contributed by atoms with Gasteiger partial charge in [-0.1, -0.05) is 36.1 Å². The number of aliphatic hydroxyl groups excluding tert-OH is 2. The van der Waals surface area contributed by atoms with Gasteiger partial charge in [0.05, 0.1) is 12.0 Å². The zero-order valence-electron chi connectivity index (χ0n) is 25.0. The Morgan fingerprint density at radius 2 is 1.60 bits per heavy atom. The molecule has 0 bridgehead atoms. The van der Waals surface area contributed by atoms with E-state index < -0.39 is 51.2 Å². The SMILES string of the molecule is CC(=O)OC(CC[C@H]1C(=O)N(c2ccc(C#CCC(CO)CO)cc2)[C@@H]1c1ccc(OS(=O)(=O)C(F)(F)F)cc1)c1ccc(F)cc1. The maximum absolute atomic E-state index is 13.6. The minimum Gasteiger partial charge on any atom is -0.458 e. The lowest BCUT2D eigenvalue weighted by Crippen LogP contribution is -2.55. The average molecular weight is 678 g/mol. The predicted octanol–water partition coefficient (Wildman–Crippen LogP) is 5.19. The van der Waals surface area contributed by atoms with E-state index in [1.807, 2.05) is 0 Å². The number of anilines is 1. The van der Waals surface area contributed by atoms with Crippen LogP contribution in [0, 0.1) is 29.5 Å². The summed E-state index contributed by atoms with van der Waals surface area (Å²) in [6, 6.07) is 16.3. The molecule has 2 N–H and O–H groups in total. The van der Waals surface area contributed by atoms with Gasteiger partial charge in [0.2, 0.25) is 5.91 Å². The lowest BCUT2D eigenvalue weighted by molar-refractivity contribution is -0.147. The minimum atomic E-state index is -5.89. The molecule has 3 aromatic carbocycles. The highest BCUT2D eigenvalue weighted by Crippen LogP contribution is 2.47. The summed E-state index contributed by atoms with van der Waals surface area (Å²) in [5, 5.41) is 18.4. The fraction of sp³-hybridized carbons (Fsp3) is 0.333. The van der Waals surface area contributed by atoms with E-state index in [0.29, 0.717) is 22.4 Å². The number of aliphatic hydroxyl groups is 2. The molecule has 250 valence electrons. The third-order valence-electron chi connectivity index (χ3n) is 7.50. The zero-order chi connectivity index (χ0) is 34.4. The predicted molar refractivity (Wildman–Crippen MR) is 162 cm³/mol. The Hall–Kier alpha value is -4.45. The topological polar surface area (TPSA) is 130 Å². The van der Waals surface area contributed by atoms with Gasteiger partial charge in [-0.05, 0) is 72.5 Å². The molecular weight excluding hydrogens is 646 g/mol. The minimum absolute atomic E-state index is 0.189. The van der Waals surface area contributed by atoms with Crippen LogP contribution in [0.5, 0.6) is 5.75 Å². The van der Waals surface area contributed by atoms with Crippen LogP contribution in [0.4, 0.5) is 23.2 Å². The number of amides is 1. The van der Waals surface area contributed by atoms with E-state index in [1.54, 1.807) is 24.3 Å². The summed E-state index contributed by atoms with van der Waals surface area (Å²) in [5.74, 6) is 2.86. The Morgan fingerprint density at radius 3 is 2.15 bits per heavy atom. The molecule has 14 heteroatoms. The zero-order valence-corrected chi connectivity index (χ0v) is 25.8. The highest BCUT2D eigenvalue weighted by Gasteiger charge is 2.50. The van der Waals surface area contributed by atoms with Crippen LogP contribution in [0.1, 0.15) is 55.0 Å². The van der Waals surface area contributed by atoms with Crippen molar-refractivity contribution in [3.63, 3.8) is 0 Å². The number of hydrogen-bond acceptors (Lipinski definition) is 8. The molecule has 0 spiro atoms. The molecule has 1 fully saturated rings. The molecule has 3 atom stereocenters. The van der Waals surface area contributed by atoms with E-state index in [9.17, 15) is 45.8 Å². The van der Waals surface area contributed by atoms with Gasteiger partial charge in [-0.25, -0.2) is 4.39 Å². The highest BCUT2D eigenvalue weighted by atomic mass is 32.2. The van der Waals surface area contributed by atoms with E-state index in [-0.39, 0.29) is 44.3 Å². The summed E-state index contributed by atoms with van der Waals surface area (Å²) in [6.07, 6.45) is -0.114. The number of esters is 1.